The molecule has 0 bridgehead atoms. The third-order valence-electron chi connectivity index (χ3n) is 5.67. The number of esters is 1. The third kappa shape index (κ3) is 3.32. The van der Waals surface area contributed by atoms with Gasteiger partial charge in [-0.3, -0.25) is 4.79 Å². The molecule has 0 aliphatic heterocycles. The van der Waals surface area contributed by atoms with Crippen molar-refractivity contribution in [2.45, 2.75) is 71.6 Å². The van der Waals surface area contributed by atoms with Gasteiger partial charge in [-0.1, -0.05) is 32.6 Å². The maximum Gasteiger partial charge on any atom is 0.311 e. The molecule has 2 aliphatic rings. The Morgan fingerprint density at radius 3 is 2.74 bits per heavy atom. The highest BCUT2D eigenvalue weighted by atomic mass is 16.5. The highest BCUT2D eigenvalue weighted by Gasteiger charge is 2.45. The van der Waals surface area contributed by atoms with Gasteiger partial charge < -0.3 is 4.74 Å². The molecule has 2 nitrogen and oxygen atoms in total. The summed E-state index contributed by atoms with van der Waals surface area (Å²) in [4.78, 5) is 12.0. The maximum absolute atomic E-state index is 12.0. The Balaban J connectivity index is 1.94. The van der Waals surface area contributed by atoms with Crippen LogP contribution in [0, 0.1) is 23.2 Å². The topological polar surface area (TPSA) is 26.3 Å². The van der Waals surface area contributed by atoms with Gasteiger partial charge in [0.1, 0.15) is 0 Å². The molecule has 2 fully saturated rings. The number of carbonyl (C=O) groups is 1. The summed E-state index contributed by atoms with van der Waals surface area (Å²) in [5.74, 6) is 2.59. The molecule has 0 amide bonds. The molecule has 110 valence electrons. The Bertz CT molecular complexity index is 312. The fourth-order valence-corrected chi connectivity index (χ4v) is 4.43. The molecule has 19 heavy (non-hydrogen) atoms. The van der Waals surface area contributed by atoms with Crippen LogP contribution in [0.1, 0.15) is 71.6 Å². The number of rotatable bonds is 4. The predicted octanol–water partition coefficient (Wildman–Crippen LogP) is 4.57. The van der Waals surface area contributed by atoms with Crippen molar-refractivity contribution in [2.24, 2.45) is 23.2 Å². The Hall–Kier alpha value is -0.530. The first-order chi connectivity index (χ1) is 9.09. The monoisotopic (exact) mass is 266 g/mol. The summed E-state index contributed by atoms with van der Waals surface area (Å²) in [5, 5.41) is 0. The number of hydrogen-bond acceptors (Lipinski definition) is 2. The Labute approximate surface area is 118 Å². The lowest BCUT2D eigenvalue weighted by atomic mass is 9.60. The van der Waals surface area contributed by atoms with E-state index >= 15 is 0 Å². The molecule has 0 saturated heterocycles. The molecule has 4 unspecified atom stereocenters. The van der Waals surface area contributed by atoms with Crippen LogP contribution in [0.25, 0.3) is 0 Å². The van der Waals surface area contributed by atoms with E-state index in [2.05, 4.69) is 13.8 Å². The summed E-state index contributed by atoms with van der Waals surface area (Å²) >= 11 is 0. The van der Waals surface area contributed by atoms with Crippen molar-refractivity contribution in [1.29, 1.82) is 0 Å². The standard InChI is InChI=1S/C17H30O2/c1-4-5-6-13-7-8-14-9-10-17(2,16(18)19-3)12-15(14)11-13/h13-15H,4-12H2,1-3H3. The van der Waals surface area contributed by atoms with Gasteiger partial charge in [-0.25, -0.2) is 0 Å². The van der Waals surface area contributed by atoms with Crippen molar-refractivity contribution in [3.63, 3.8) is 0 Å². The van der Waals surface area contributed by atoms with E-state index < -0.39 is 0 Å². The van der Waals surface area contributed by atoms with E-state index in [1.807, 2.05) is 0 Å². The SMILES string of the molecule is CCCCC1CCC2CCC(C)(C(=O)OC)CC2C1. The molecule has 2 aliphatic carbocycles. The largest absolute Gasteiger partial charge is 0.469 e. The van der Waals surface area contributed by atoms with E-state index in [1.165, 1.54) is 52.1 Å². The summed E-state index contributed by atoms with van der Waals surface area (Å²) < 4.78 is 5.03. The van der Waals surface area contributed by atoms with Gasteiger partial charge in [0.05, 0.1) is 12.5 Å². The van der Waals surface area contributed by atoms with Crippen molar-refractivity contribution < 1.29 is 9.53 Å². The van der Waals surface area contributed by atoms with E-state index in [1.54, 1.807) is 0 Å². The summed E-state index contributed by atoms with van der Waals surface area (Å²) in [6.45, 7) is 4.39. The first-order valence-electron chi connectivity index (χ1n) is 8.17. The van der Waals surface area contributed by atoms with Crippen LogP contribution in [0.3, 0.4) is 0 Å². The molecule has 0 aromatic rings. The van der Waals surface area contributed by atoms with E-state index in [4.69, 9.17) is 4.74 Å². The minimum atomic E-state index is -0.206. The second-order valence-electron chi connectivity index (χ2n) is 7.14. The van der Waals surface area contributed by atoms with Crippen LogP contribution < -0.4 is 0 Å². The third-order valence-corrected chi connectivity index (χ3v) is 5.67. The molecule has 2 saturated carbocycles. The summed E-state index contributed by atoms with van der Waals surface area (Å²) in [5.41, 5.74) is -0.206. The highest BCUT2D eigenvalue weighted by molar-refractivity contribution is 5.76. The Morgan fingerprint density at radius 2 is 2.05 bits per heavy atom. The number of hydrogen-bond donors (Lipinski definition) is 0. The lowest BCUT2D eigenvalue weighted by Crippen LogP contribution is -2.40. The van der Waals surface area contributed by atoms with Gasteiger partial charge in [0.2, 0.25) is 0 Å². The summed E-state index contributed by atoms with van der Waals surface area (Å²) in [6, 6.07) is 0. The van der Waals surface area contributed by atoms with Crippen LogP contribution in [-0.2, 0) is 9.53 Å². The highest BCUT2D eigenvalue weighted by Crippen LogP contribution is 2.50. The predicted molar refractivity (Wildman–Crippen MR) is 77.8 cm³/mol. The zero-order valence-corrected chi connectivity index (χ0v) is 12.9. The van der Waals surface area contributed by atoms with Crippen molar-refractivity contribution in [2.75, 3.05) is 7.11 Å². The van der Waals surface area contributed by atoms with E-state index in [9.17, 15) is 4.79 Å². The Kier molecular flexibility index (Phi) is 4.92. The zero-order valence-electron chi connectivity index (χ0n) is 12.9. The maximum atomic E-state index is 12.0. The van der Waals surface area contributed by atoms with Crippen LogP contribution in [0.4, 0.5) is 0 Å². The van der Waals surface area contributed by atoms with Gasteiger partial charge >= 0.3 is 5.97 Å². The van der Waals surface area contributed by atoms with Crippen molar-refractivity contribution in [3.05, 3.63) is 0 Å². The Morgan fingerprint density at radius 1 is 1.26 bits per heavy atom. The first kappa shape index (κ1) is 14.9. The lowest BCUT2D eigenvalue weighted by molar-refractivity contribution is -0.156. The average molecular weight is 266 g/mol. The number of fused-ring (bicyclic) bond motifs is 1. The minimum Gasteiger partial charge on any atom is -0.469 e. The van der Waals surface area contributed by atoms with Crippen LogP contribution >= 0.6 is 0 Å². The average Bonchev–Trinajstić information content (AvgIpc) is 2.43. The number of carbonyl (C=O) groups excluding carboxylic acids is 1. The van der Waals surface area contributed by atoms with Crippen molar-refractivity contribution in [1.82, 2.24) is 0 Å². The molecule has 0 heterocycles. The van der Waals surface area contributed by atoms with E-state index in [-0.39, 0.29) is 11.4 Å². The van der Waals surface area contributed by atoms with Gasteiger partial charge in [-0.05, 0) is 56.8 Å². The van der Waals surface area contributed by atoms with Crippen molar-refractivity contribution >= 4 is 5.97 Å². The molecule has 0 aromatic heterocycles. The molecule has 2 rings (SSSR count). The zero-order chi connectivity index (χ0) is 13.9. The van der Waals surface area contributed by atoms with Gasteiger partial charge in [0.15, 0.2) is 0 Å². The molecule has 0 radical (unpaired) electrons. The smallest absolute Gasteiger partial charge is 0.311 e. The second kappa shape index (κ2) is 6.28. The molecule has 0 aromatic carbocycles. The first-order valence-corrected chi connectivity index (χ1v) is 8.17. The van der Waals surface area contributed by atoms with Gasteiger partial charge in [-0.15, -0.1) is 0 Å². The fourth-order valence-electron chi connectivity index (χ4n) is 4.43. The van der Waals surface area contributed by atoms with Gasteiger partial charge in [0, 0.05) is 0 Å². The lowest BCUT2D eigenvalue weighted by Gasteiger charge is -2.45. The van der Waals surface area contributed by atoms with E-state index in [0.717, 1.165) is 30.6 Å². The molecular formula is C17H30O2. The number of unbranched alkanes of at least 4 members (excludes halogenated alkanes) is 1. The number of methoxy groups -OCH3 is 1. The minimum absolute atomic E-state index is 0.0154. The molecule has 2 heteroatoms. The van der Waals surface area contributed by atoms with Crippen LogP contribution in [0.15, 0.2) is 0 Å². The molecule has 0 N–H and O–H groups in total. The van der Waals surface area contributed by atoms with Gasteiger partial charge in [-0.2, -0.15) is 0 Å². The van der Waals surface area contributed by atoms with Gasteiger partial charge in [0.25, 0.3) is 0 Å². The summed E-state index contributed by atoms with van der Waals surface area (Å²) in [7, 11) is 1.53. The quantitative estimate of drug-likeness (QED) is 0.697. The molecular weight excluding hydrogens is 236 g/mol. The van der Waals surface area contributed by atoms with Crippen LogP contribution in [0.5, 0.6) is 0 Å². The summed E-state index contributed by atoms with van der Waals surface area (Å²) in [6.07, 6.45) is 11.6. The molecule has 0 spiro atoms. The normalized spacial score (nSPS) is 38.6. The molecule has 4 atom stereocenters. The fraction of sp³-hybridized carbons (Fsp3) is 0.941. The van der Waals surface area contributed by atoms with Crippen LogP contribution in [-0.4, -0.2) is 13.1 Å². The number of ether oxygens (including phenoxy) is 1. The second-order valence-corrected chi connectivity index (χ2v) is 7.14. The van der Waals surface area contributed by atoms with E-state index in [0.29, 0.717) is 0 Å². The van der Waals surface area contributed by atoms with Crippen molar-refractivity contribution in [3.8, 4) is 0 Å². The van der Waals surface area contributed by atoms with Crippen LogP contribution in [0.2, 0.25) is 0 Å².